The van der Waals surface area contributed by atoms with Crippen LogP contribution in [0.2, 0.25) is 0 Å². The Morgan fingerprint density at radius 3 is 2.02 bits per heavy atom. The van der Waals surface area contributed by atoms with Crippen molar-refractivity contribution in [3.8, 4) is 5.75 Å². The number of hydrogen-bond donors (Lipinski definition) is 0. The van der Waals surface area contributed by atoms with E-state index >= 15 is 0 Å². The molecule has 2 aromatic carbocycles. The van der Waals surface area contributed by atoms with Crippen molar-refractivity contribution in [2.45, 2.75) is 95.8 Å². The van der Waals surface area contributed by atoms with E-state index in [1.54, 1.807) is 0 Å². The highest BCUT2D eigenvalue weighted by Gasteiger charge is 2.43. The van der Waals surface area contributed by atoms with E-state index in [1.807, 2.05) is 26.2 Å². The third-order valence-corrected chi connectivity index (χ3v) is 12.6. The molecule has 1 atom stereocenters. The van der Waals surface area contributed by atoms with Crippen LogP contribution in [0.5, 0.6) is 5.75 Å². The van der Waals surface area contributed by atoms with Crippen molar-refractivity contribution in [3.05, 3.63) is 53.6 Å². The fourth-order valence-electron chi connectivity index (χ4n) is 6.94. The quantitative estimate of drug-likeness (QED) is 0.113. The Kier molecular flexibility index (Phi) is 14.0. The SMILES string of the molecule is CCCCC1(CCCC)C[C@H](c2ccc(OCCCCC[N+](C)(C)CC[N+](C)(C)CC)cc2)c2cc(N(C)C)ccc2S(=O)(=O)C1. The van der Waals surface area contributed by atoms with E-state index in [2.05, 4.69) is 84.2 Å². The van der Waals surface area contributed by atoms with E-state index in [4.69, 9.17) is 4.74 Å². The third kappa shape index (κ3) is 11.0. The molecule has 1 heterocycles. The molecule has 0 radical (unpaired) electrons. The van der Waals surface area contributed by atoms with Gasteiger partial charge in [-0.1, -0.05) is 51.7 Å². The summed E-state index contributed by atoms with van der Waals surface area (Å²) in [6.45, 7) is 12.2. The number of anilines is 1. The highest BCUT2D eigenvalue weighted by molar-refractivity contribution is 7.91. The third-order valence-electron chi connectivity index (χ3n) is 10.6. The Morgan fingerprint density at radius 2 is 1.43 bits per heavy atom. The van der Waals surface area contributed by atoms with Gasteiger partial charge < -0.3 is 18.6 Å². The lowest BCUT2D eigenvalue weighted by Crippen LogP contribution is -2.51. The molecule has 0 saturated carbocycles. The van der Waals surface area contributed by atoms with Crippen molar-refractivity contribution in [2.75, 3.05) is 85.7 Å². The first-order valence-corrected chi connectivity index (χ1v) is 19.7. The summed E-state index contributed by atoms with van der Waals surface area (Å²) in [6.07, 6.45) is 10.5. The molecule has 0 saturated heterocycles. The molecule has 46 heavy (non-hydrogen) atoms. The topological polar surface area (TPSA) is 46.6 Å². The summed E-state index contributed by atoms with van der Waals surface area (Å²) in [6, 6.07) is 14.5. The summed E-state index contributed by atoms with van der Waals surface area (Å²) in [7, 11) is 9.97. The number of unbranched alkanes of at least 4 members (excludes halogenated alkanes) is 4. The molecule has 0 unspecified atom stereocenters. The summed E-state index contributed by atoms with van der Waals surface area (Å²) < 4.78 is 36.4. The number of sulfone groups is 1. The Labute approximate surface area is 283 Å². The van der Waals surface area contributed by atoms with E-state index in [0.717, 1.165) is 83.9 Å². The van der Waals surface area contributed by atoms with E-state index in [1.165, 1.54) is 44.6 Å². The maximum absolute atomic E-state index is 14.0. The van der Waals surface area contributed by atoms with Crippen LogP contribution in [0.3, 0.4) is 0 Å². The fourth-order valence-corrected chi connectivity index (χ4v) is 9.15. The maximum Gasteiger partial charge on any atom is 0.179 e. The van der Waals surface area contributed by atoms with Gasteiger partial charge in [-0.25, -0.2) is 8.42 Å². The number of quaternary nitrogens is 2. The average Bonchev–Trinajstić information content (AvgIpc) is 3.11. The molecular formula is C39H67N3O3S+2. The van der Waals surface area contributed by atoms with Crippen LogP contribution in [0, 0.1) is 5.41 Å². The summed E-state index contributed by atoms with van der Waals surface area (Å²) in [5.41, 5.74) is 2.96. The van der Waals surface area contributed by atoms with Crippen molar-refractivity contribution in [3.63, 3.8) is 0 Å². The monoisotopic (exact) mass is 657 g/mol. The Bertz CT molecular complexity index is 1310. The molecule has 7 heteroatoms. The number of likely N-dealkylation sites (N-methyl/N-ethyl adjacent to an activating group) is 2. The van der Waals surface area contributed by atoms with E-state index in [9.17, 15) is 8.42 Å². The van der Waals surface area contributed by atoms with Crippen LogP contribution in [0.4, 0.5) is 5.69 Å². The van der Waals surface area contributed by atoms with Gasteiger partial charge in [-0.2, -0.15) is 0 Å². The van der Waals surface area contributed by atoms with Gasteiger partial charge in [-0.15, -0.1) is 0 Å². The zero-order chi connectivity index (χ0) is 34.0. The van der Waals surface area contributed by atoms with Gasteiger partial charge in [0.25, 0.3) is 0 Å². The summed E-state index contributed by atoms with van der Waals surface area (Å²) >= 11 is 0. The molecule has 0 spiro atoms. The van der Waals surface area contributed by atoms with Gasteiger partial charge in [0.2, 0.25) is 0 Å². The molecular weight excluding hydrogens is 591 g/mol. The van der Waals surface area contributed by atoms with Crippen LogP contribution in [0.25, 0.3) is 0 Å². The van der Waals surface area contributed by atoms with Crippen LogP contribution < -0.4 is 9.64 Å². The standard InChI is InChI=1S/C39H67N3O3S/c1-10-13-24-39(25-14-11-2)31-37(36-30-34(40(4)5)20-23-38(36)46(43,44)32-39)33-18-21-35(22-19-33)45-29-17-15-16-26-42(8,9)28-27-41(6,7)12-3/h18-23,30,37H,10-17,24-29,31-32H2,1-9H3/q+2/t37-/m1/s1. The van der Waals surface area contributed by atoms with Crippen LogP contribution in [0.15, 0.2) is 47.4 Å². The van der Waals surface area contributed by atoms with E-state index < -0.39 is 9.84 Å². The molecule has 0 bridgehead atoms. The highest BCUT2D eigenvalue weighted by Crippen LogP contribution is 2.50. The minimum Gasteiger partial charge on any atom is -0.494 e. The lowest BCUT2D eigenvalue weighted by atomic mass is 9.70. The van der Waals surface area contributed by atoms with Gasteiger partial charge in [-0.05, 0) is 92.3 Å². The van der Waals surface area contributed by atoms with Crippen molar-refractivity contribution in [2.24, 2.45) is 5.41 Å². The number of hydrogen-bond acceptors (Lipinski definition) is 4. The molecule has 3 rings (SSSR count). The minimum atomic E-state index is -3.42. The van der Waals surface area contributed by atoms with Crippen molar-refractivity contribution < 1.29 is 22.1 Å². The first-order chi connectivity index (χ1) is 21.7. The molecule has 260 valence electrons. The van der Waals surface area contributed by atoms with Crippen LogP contribution >= 0.6 is 0 Å². The Balaban J connectivity index is 1.74. The Hall–Kier alpha value is -2.09. The van der Waals surface area contributed by atoms with Crippen molar-refractivity contribution in [1.29, 1.82) is 0 Å². The Morgan fingerprint density at radius 1 is 0.804 bits per heavy atom. The van der Waals surface area contributed by atoms with Gasteiger partial charge in [0, 0.05) is 25.7 Å². The lowest BCUT2D eigenvalue weighted by molar-refractivity contribution is -0.945. The van der Waals surface area contributed by atoms with Gasteiger partial charge in [-0.3, -0.25) is 0 Å². The van der Waals surface area contributed by atoms with Gasteiger partial charge in [0.1, 0.15) is 18.8 Å². The second-order valence-corrected chi connectivity index (χ2v) is 17.6. The first-order valence-electron chi connectivity index (χ1n) is 18.1. The van der Waals surface area contributed by atoms with Crippen LogP contribution in [-0.2, 0) is 9.84 Å². The van der Waals surface area contributed by atoms with Crippen LogP contribution in [-0.4, -0.2) is 98.2 Å². The summed E-state index contributed by atoms with van der Waals surface area (Å²) in [5.74, 6) is 1.17. The molecule has 0 fully saturated rings. The molecule has 1 aliphatic heterocycles. The molecule has 1 aliphatic rings. The maximum atomic E-state index is 14.0. The van der Waals surface area contributed by atoms with Gasteiger partial charge in [0.15, 0.2) is 9.84 Å². The molecule has 0 amide bonds. The zero-order valence-corrected chi connectivity index (χ0v) is 31.7. The zero-order valence-electron chi connectivity index (χ0n) is 30.9. The minimum absolute atomic E-state index is 0.0260. The van der Waals surface area contributed by atoms with Gasteiger partial charge >= 0.3 is 0 Å². The van der Waals surface area contributed by atoms with Crippen molar-refractivity contribution >= 4 is 15.5 Å². The second kappa shape index (κ2) is 16.8. The van der Waals surface area contributed by atoms with Gasteiger partial charge in [0.05, 0.1) is 58.5 Å². The fraction of sp³-hybridized carbons (Fsp3) is 0.692. The molecule has 0 aliphatic carbocycles. The number of benzene rings is 2. The molecule has 0 N–H and O–H groups in total. The van der Waals surface area contributed by atoms with Crippen molar-refractivity contribution in [1.82, 2.24) is 0 Å². The first kappa shape index (κ1) is 38.4. The summed E-state index contributed by atoms with van der Waals surface area (Å²) in [4.78, 5) is 2.59. The smallest absolute Gasteiger partial charge is 0.179 e. The largest absolute Gasteiger partial charge is 0.494 e. The second-order valence-electron chi connectivity index (χ2n) is 15.7. The molecule has 2 aromatic rings. The lowest BCUT2D eigenvalue weighted by Gasteiger charge is -2.35. The average molecular weight is 658 g/mol. The number of fused-ring (bicyclic) bond motifs is 1. The predicted octanol–water partition coefficient (Wildman–Crippen LogP) is 8.15. The van der Waals surface area contributed by atoms with E-state index in [-0.39, 0.29) is 17.1 Å². The molecule has 0 aromatic heterocycles. The highest BCUT2D eigenvalue weighted by atomic mass is 32.2. The molecule has 6 nitrogen and oxygen atoms in total. The number of nitrogens with zero attached hydrogens (tertiary/aromatic N) is 3. The van der Waals surface area contributed by atoms with E-state index in [0.29, 0.717) is 4.90 Å². The predicted molar refractivity (Wildman–Crippen MR) is 196 cm³/mol. The van der Waals surface area contributed by atoms with Crippen LogP contribution in [0.1, 0.15) is 102 Å². The number of ether oxygens (including phenoxy) is 1. The number of rotatable bonds is 19. The summed E-state index contributed by atoms with van der Waals surface area (Å²) in [5, 5.41) is 0. The normalized spacial score (nSPS) is 17.7.